The van der Waals surface area contributed by atoms with E-state index >= 15 is 0 Å². The standard InChI is InChI=1S/C17H17BrFN3O4S/c1-26-16-8-7-13(18)9-12(16)10-20-21-17(23)11-22(27(2,24)25)15-6-4-3-5-14(15)19/h3-10H,11H2,1-2H3,(H,21,23)/b20-10-. The maximum atomic E-state index is 13.9. The van der Waals surface area contributed by atoms with Crippen molar-refractivity contribution in [2.24, 2.45) is 5.10 Å². The molecule has 0 bridgehead atoms. The van der Waals surface area contributed by atoms with Gasteiger partial charge < -0.3 is 4.74 Å². The van der Waals surface area contributed by atoms with Crippen molar-refractivity contribution in [3.05, 3.63) is 58.3 Å². The monoisotopic (exact) mass is 457 g/mol. The molecule has 0 saturated carbocycles. The molecule has 7 nitrogen and oxygen atoms in total. The summed E-state index contributed by atoms with van der Waals surface area (Å²) in [5, 5.41) is 3.80. The number of nitrogens with zero attached hydrogens (tertiary/aromatic N) is 2. The van der Waals surface area contributed by atoms with E-state index in [4.69, 9.17) is 4.74 Å². The van der Waals surface area contributed by atoms with Crippen molar-refractivity contribution in [3.63, 3.8) is 0 Å². The molecule has 144 valence electrons. The number of sulfonamides is 1. The number of anilines is 1. The first-order chi connectivity index (χ1) is 12.7. The molecule has 1 N–H and O–H groups in total. The van der Waals surface area contributed by atoms with Gasteiger partial charge in [0.1, 0.15) is 18.1 Å². The molecule has 0 aliphatic carbocycles. The molecule has 10 heteroatoms. The zero-order valence-electron chi connectivity index (χ0n) is 14.5. The Hall–Kier alpha value is -2.46. The minimum Gasteiger partial charge on any atom is -0.496 e. The molecule has 0 atom stereocenters. The Labute approximate surface area is 165 Å². The third kappa shape index (κ3) is 5.76. The topological polar surface area (TPSA) is 88.1 Å². The van der Waals surface area contributed by atoms with Gasteiger partial charge in [-0.05, 0) is 30.3 Å². The fraction of sp³-hybridized carbons (Fsp3) is 0.176. The van der Waals surface area contributed by atoms with Gasteiger partial charge in [0, 0.05) is 10.0 Å². The van der Waals surface area contributed by atoms with Crippen LogP contribution in [0.1, 0.15) is 5.56 Å². The van der Waals surface area contributed by atoms with Gasteiger partial charge >= 0.3 is 0 Å². The van der Waals surface area contributed by atoms with E-state index < -0.39 is 28.3 Å². The van der Waals surface area contributed by atoms with Crippen molar-refractivity contribution in [1.82, 2.24) is 5.43 Å². The van der Waals surface area contributed by atoms with E-state index in [9.17, 15) is 17.6 Å². The number of hydrogen-bond donors (Lipinski definition) is 1. The van der Waals surface area contributed by atoms with E-state index in [0.29, 0.717) is 15.6 Å². The van der Waals surface area contributed by atoms with Crippen LogP contribution in [0.3, 0.4) is 0 Å². The van der Waals surface area contributed by atoms with Crippen molar-refractivity contribution in [3.8, 4) is 5.75 Å². The van der Waals surface area contributed by atoms with Gasteiger partial charge in [0.15, 0.2) is 0 Å². The van der Waals surface area contributed by atoms with Gasteiger partial charge in [-0.15, -0.1) is 0 Å². The number of halogens is 2. The van der Waals surface area contributed by atoms with Crippen LogP contribution in [-0.4, -0.2) is 40.4 Å². The fourth-order valence-electron chi connectivity index (χ4n) is 2.18. The smallest absolute Gasteiger partial charge is 0.260 e. The van der Waals surface area contributed by atoms with Gasteiger partial charge in [0.25, 0.3) is 5.91 Å². The molecule has 2 aromatic carbocycles. The van der Waals surface area contributed by atoms with E-state index in [1.807, 2.05) is 0 Å². The number of carbonyl (C=O) groups excluding carboxylic acids is 1. The summed E-state index contributed by atoms with van der Waals surface area (Å²) in [6.45, 7) is -0.618. The first-order valence-corrected chi connectivity index (χ1v) is 10.2. The summed E-state index contributed by atoms with van der Waals surface area (Å²) in [5.74, 6) is -0.938. The van der Waals surface area contributed by atoms with Gasteiger partial charge in [-0.3, -0.25) is 9.10 Å². The molecule has 1 amide bonds. The molecule has 0 spiro atoms. The maximum absolute atomic E-state index is 13.9. The molecule has 0 heterocycles. The molecule has 0 unspecified atom stereocenters. The van der Waals surface area contributed by atoms with Crippen LogP contribution >= 0.6 is 15.9 Å². The highest BCUT2D eigenvalue weighted by Gasteiger charge is 2.23. The highest BCUT2D eigenvalue weighted by atomic mass is 79.9. The van der Waals surface area contributed by atoms with Crippen LogP contribution in [0.5, 0.6) is 5.75 Å². The number of carbonyl (C=O) groups is 1. The van der Waals surface area contributed by atoms with Crippen LogP contribution in [0.15, 0.2) is 52.0 Å². The van der Waals surface area contributed by atoms with Gasteiger partial charge in [0.2, 0.25) is 10.0 Å². The van der Waals surface area contributed by atoms with Crippen LogP contribution in [0.25, 0.3) is 0 Å². The van der Waals surface area contributed by atoms with Crippen molar-refractivity contribution < 1.29 is 22.3 Å². The van der Waals surface area contributed by atoms with E-state index in [-0.39, 0.29) is 5.69 Å². The molecule has 0 aliphatic rings. The Balaban J connectivity index is 2.13. The van der Waals surface area contributed by atoms with Crippen LogP contribution < -0.4 is 14.5 Å². The lowest BCUT2D eigenvalue weighted by molar-refractivity contribution is -0.119. The zero-order chi connectivity index (χ0) is 20.0. The van der Waals surface area contributed by atoms with Crippen LogP contribution in [0.2, 0.25) is 0 Å². The molecule has 0 saturated heterocycles. The minimum absolute atomic E-state index is 0.215. The highest BCUT2D eigenvalue weighted by molar-refractivity contribution is 9.10. The molecular weight excluding hydrogens is 441 g/mol. The third-order valence-corrected chi connectivity index (χ3v) is 5.01. The second-order valence-corrected chi connectivity index (χ2v) is 8.22. The zero-order valence-corrected chi connectivity index (χ0v) is 16.9. The quantitative estimate of drug-likeness (QED) is 0.510. The van der Waals surface area contributed by atoms with E-state index in [2.05, 4.69) is 26.5 Å². The number of benzene rings is 2. The second kappa shape index (κ2) is 8.96. The average Bonchev–Trinajstić information content (AvgIpc) is 2.60. The first-order valence-electron chi connectivity index (χ1n) is 7.60. The Morgan fingerprint density at radius 3 is 2.67 bits per heavy atom. The first kappa shape index (κ1) is 20.8. The summed E-state index contributed by atoms with van der Waals surface area (Å²) >= 11 is 3.32. The fourth-order valence-corrected chi connectivity index (χ4v) is 3.42. The Kier molecular flexibility index (Phi) is 6.92. The number of amides is 1. The van der Waals surface area contributed by atoms with Gasteiger partial charge in [-0.25, -0.2) is 18.2 Å². The predicted octanol–water partition coefficient (Wildman–Crippen LogP) is 2.51. The lowest BCUT2D eigenvalue weighted by atomic mass is 10.2. The molecule has 0 aliphatic heterocycles. The lowest BCUT2D eigenvalue weighted by Gasteiger charge is -2.21. The van der Waals surface area contributed by atoms with E-state index in [1.54, 1.807) is 18.2 Å². The molecular formula is C17H17BrFN3O4S. The number of ether oxygens (including phenoxy) is 1. The number of methoxy groups -OCH3 is 1. The Morgan fingerprint density at radius 2 is 2.04 bits per heavy atom. The molecule has 2 aromatic rings. The second-order valence-electron chi connectivity index (χ2n) is 5.40. The van der Waals surface area contributed by atoms with Gasteiger partial charge in [0.05, 0.1) is 25.3 Å². The lowest BCUT2D eigenvalue weighted by Crippen LogP contribution is -2.39. The van der Waals surface area contributed by atoms with Crippen LogP contribution in [0.4, 0.5) is 10.1 Å². The molecule has 27 heavy (non-hydrogen) atoms. The normalized spacial score (nSPS) is 11.4. The van der Waals surface area contributed by atoms with Crippen molar-refractivity contribution in [2.45, 2.75) is 0 Å². The Bertz CT molecular complexity index is 966. The van der Waals surface area contributed by atoms with Crippen molar-refractivity contribution in [1.29, 1.82) is 0 Å². The minimum atomic E-state index is -3.87. The number of rotatable bonds is 7. The van der Waals surface area contributed by atoms with Crippen molar-refractivity contribution >= 4 is 43.8 Å². The number of hydrogen-bond acceptors (Lipinski definition) is 5. The number of nitrogens with one attached hydrogen (secondary N) is 1. The number of para-hydroxylation sites is 1. The highest BCUT2D eigenvalue weighted by Crippen LogP contribution is 2.22. The van der Waals surface area contributed by atoms with Gasteiger partial charge in [-0.1, -0.05) is 28.1 Å². The van der Waals surface area contributed by atoms with Crippen LogP contribution in [-0.2, 0) is 14.8 Å². The largest absolute Gasteiger partial charge is 0.496 e. The summed E-state index contributed by atoms with van der Waals surface area (Å²) < 4.78 is 44.5. The predicted molar refractivity (Wildman–Crippen MR) is 105 cm³/mol. The molecule has 2 rings (SSSR count). The summed E-state index contributed by atoms with van der Waals surface area (Å²) in [6.07, 6.45) is 2.25. The summed E-state index contributed by atoms with van der Waals surface area (Å²) in [7, 11) is -2.38. The molecule has 0 fully saturated rings. The van der Waals surface area contributed by atoms with Crippen LogP contribution in [0, 0.1) is 5.82 Å². The summed E-state index contributed by atoms with van der Waals surface area (Å²) in [6, 6.07) is 10.5. The van der Waals surface area contributed by atoms with E-state index in [1.165, 1.54) is 31.5 Å². The molecule has 0 radical (unpaired) electrons. The van der Waals surface area contributed by atoms with Crippen molar-refractivity contribution in [2.75, 3.05) is 24.2 Å². The summed E-state index contributed by atoms with van der Waals surface area (Å²) in [5.41, 5.74) is 2.61. The Morgan fingerprint density at radius 1 is 1.33 bits per heavy atom. The molecule has 0 aromatic heterocycles. The SMILES string of the molecule is COc1ccc(Br)cc1/C=N\NC(=O)CN(c1ccccc1F)S(C)(=O)=O. The maximum Gasteiger partial charge on any atom is 0.260 e. The van der Waals surface area contributed by atoms with Gasteiger partial charge in [-0.2, -0.15) is 5.10 Å². The van der Waals surface area contributed by atoms with E-state index in [0.717, 1.165) is 16.8 Å². The average molecular weight is 458 g/mol. The summed E-state index contributed by atoms with van der Waals surface area (Å²) in [4.78, 5) is 12.1. The number of hydrazone groups is 1. The third-order valence-electron chi connectivity index (χ3n) is 3.39.